The molecule has 0 unspecified atom stereocenters. The van der Waals surface area contributed by atoms with E-state index in [0.717, 1.165) is 29.7 Å². The lowest BCUT2D eigenvalue weighted by atomic mass is 9.88. The molecule has 0 atom stereocenters. The molecule has 0 saturated carbocycles. The number of pyridine rings is 1. The Balaban J connectivity index is 1.39. The zero-order valence-corrected chi connectivity index (χ0v) is 18.7. The van der Waals surface area contributed by atoms with Gasteiger partial charge in [-0.2, -0.15) is 0 Å². The van der Waals surface area contributed by atoms with Gasteiger partial charge in [-0.3, -0.25) is 9.59 Å². The van der Waals surface area contributed by atoms with E-state index in [1.165, 1.54) is 6.07 Å². The minimum absolute atomic E-state index is 0.0181. The molecule has 1 saturated heterocycles. The van der Waals surface area contributed by atoms with Crippen LogP contribution < -0.4 is 10.3 Å². The molecule has 0 spiro atoms. The molecule has 5 heteroatoms. The van der Waals surface area contributed by atoms with Crippen molar-refractivity contribution < 1.29 is 9.53 Å². The number of ether oxygens (including phenoxy) is 1. The quantitative estimate of drug-likeness (QED) is 0.586. The van der Waals surface area contributed by atoms with Crippen molar-refractivity contribution in [2.75, 3.05) is 13.1 Å². The summed E-state index contributed by atoms with van der Waals surface area (Å²) >= 11 is 0. The molecule has 0 bridgehead atoms. The van der Waals surface area contributed by atoms with Crippen LogP contribution in [-0.4, -0.2) is 34.6 Å². The number of hydrogen-bond acceptors (Lipinski definition) is 3. The predicted molar refractivity (Wildman–Crippen MR) is 126 cm³/mol. The Morgan fingerprint density at radius 1 is 0.969 bits per heavy atom. The lowest BCUT2D eigenvalue weighted by Gasteiger charge is -2.33. The van der Waals surface area contributed by atoms with Gasteiger partial charge in [0.2, 0.25) is 5.91 Å². The van der Waals surface area contributed by atoms with E-state index in [1.54, 1.807) is 11.6 Å². The monoisotopic (exact) mass is 430 g/mol. The van der Waals surface area contributed by atoms with Gasteiger partial charge in [0.1, 0.15) is 11.9 Å². The zero-order chi connectivity index (χ0) is 22.5. The van der Waals surface area contributed by atoms with Crippen LogP contribution in [0.5, 0.6) is 5.75 Å². The van der Waals surface area contributed by atoms with E-state index >= 15 is 0 Å². The number of nitrogens with zero attached hydrogens (tertiary/aromatic N) is 2. The third-order valence-corrected chi connectivity index (χ3v) is 6.36. The van der Waals surface area contributed by atoms with Gasteiger partial charge in [0, 0.05) is 57.1 Å². The highest BCUT2D eigenvalue weighted by molar-refractivity contribution is 5.78. The smallest absolute Gasteiger partial charge is 0.254 e. The van der Waals surface area contributed by atoms with Gasteiger partial charge in [-0.15, -0.1) is 0 Å². The van der Waals surface area contributed by atoms with Crippen molar-refractivity contribution in [1.82, 2.24) is 9.47 Å². The lowest BCUT2D eigenvalue weighted by Crippen LogP contribution is -2.42. The number of carbonyl (C=O) groups excluding carboxylic acids is 1. The van der Waals surface area contributed by atoms with Gasteiger partial charge in [-0.25, -0.2) is 0 Å². The summed E-state index contributed by atoms with van der Waals surface area (Å²) in [6.07, 6.45) is 2.00. The number of benzene rings is 2. The first-order valence-corrected chi connectivity index (χ1v) is 11.2. The molecule has 1 aliphatic heterocycles. The van der Waals surface area contributed by atoms with E-state index in [1.807, 2.05) is 54.3 Å². The molecule has 166 valence electrons. The fraction of sp³-hybridized carbons (Fsp3) is 0.333. The van der Waals surface area contributed by atoms with Crippen molar-refractivity contribution in [3.63, 3.8) is 0 Å². The van der Waals surface area contributed by atoms with Gasteiger partial charge in [0.15, 0.2) is 0 Å². The van der Waals surface area contributed by atoms with Crippen LogP contribution in [0.3, 0.4) is 0 Å². The fourth-order valence-electron chi connectivity index (χ4n) is 4.32. The Hall–Kier alpha value is -3.34. The Labute approximate surface area is 189 Å². The van der Waals surface area contributed by atoms with E-state index < -0.39 is 0 Å². The van der Waals surface area contributed by atoms with Gasteiger partial charge in [-0.05, 0) is 24.1 Å². The Kier molecular flexibility index (Phi) is 6.74. The molecule has 1 aromatic heterocycles. The number of aryl methyl sites for hydroxylation is 1. The Bertz CT molecular complexity index is 1060. The number of carbonyl (C=O) groups is 1. The van der Waals surface area contributed by atoms with Crippen molar-refractivity contribution in [3.05, 3.63) is 100.0 Å². The number of hydrogen-bond donors (Lipinski definition) is 0. The van der Waals surface area contributed by atoms with Crippen LogP contribution in [0.25, 0.3) is 0 Å². The predicted octanol–water partition coefficient (Wildman–Crippen LogP) is 4.29. The Morgan fingerprint density at radius 3 is 2.06 bits per heavy atom. The maximum atomic E-state index is 13.2. The highest BCUT2D eigenvalue weighted by atomic mass is 16.5. The maximum absolute atomic E-state index is 13.2. The van der Waals surface area contributed by atoms with Gasteiger partial charge < -0.3 is 14.2 Å². The molecule has 2 heterocycles. The van der Waals surface area contributed by atoms with Crippen molar-refractivity contribution in [2.24, 2.45) is 7.05 Å². The molecular formula is C27H30N2O3. The normalized spacial score (nSPS) is 14.5. The van der Waals surface area contributed by atoms with Crippen molar-refractivity contribution in [2.45, 2.75) is 38.2 Å². The molecule has 5 nitrogen and oxygen atoms in total. The molecule has 3 aromatic rings. The average molecular weight is 431 g/mol. The highest BCUT2D eigenvalue weighted by Gasteiger charge is 2.27. The van der Waals surface area contributed by atoms with Crippen LogP contribution in [-0.2, 0) is 11.8 Å². The fourth-order valence-corrected chi connectivity index (χ4v) is 4.32. The largest absolute Gasteiger partial charge is 0.490 e. The lowest BCUT2D eigenvalue weighted by molar-refractivity contribution is -0.133. The number of aromatic nitrogens is 1. The van der Waals surface area contributed by atoms with Crippen LogP contribution in [0.2, 0.25) is 0 Å². The third kappa shape index (κ3) is 5.10. The summed E-state index contributed by atoms with van der Waals surface area (Å²) in [5, 5.41) is 0. The SMILES string of the molecule is Cc1cc(OC2CCN(C(=O)CC(c3ccccc3)c3ccccc3)CC2)cc(=O)n1C. The minimum atomic E-state index is -0.0690. The first kappa shape index (κ1) is 21.9. The van der Waals surface area contributed by atoms with Gasteiger partial charge in [-0.1, -0.05) is 60.7 Å². The highest BCUT2D eigenvalue weighted by Crippen LogP contribution is 2.29. The van der Waals surface area contributed by atoms with Crippen LogP contribution >= 0.6 is 0 Å². The minimum Gasteiger partial charge on any atom is -0.490 e. The molecule has 0 aliphatic carbocycles. The standard InChI is InChI=1S/C27H30N2O3/c1-20-17-24(18-26(30)28(20)2)32-23-13-15-29(16-14-23)27(31)19-25(21-9-5-3-6-10-21)22-11-7-4-8-12-22/h3-12,17-18,23,25H,13-16,19H2,1-2H3. The van der Waals surface area contributed by atoms with Crippen molar-refractivity contribution in [3.8, 4) is 5.75 Å². The molecule has 4 rings (SSSR count). The summed E-state index contributed by atoms with van der Waals surface area (Å²) in [6.45, 7) is 3.23. The van der Waals surface area contributed by atoms with Crippen LogP contribution in [0.4, 0.5) is 0 Å². The number of piperidine rings is 1. The van der Waals surface area contributed by atoms with E-state index in [0.29, 0.717) is 25.3 Å². The van der Waals surface area contributed by atoms with E-state index in [2.05, 4.69) is 24.3 Å². The van der Waals surface area contributed by atoms with E-state index in [-0.39, 0.29) is 23.5 Å². The second-order valence-corrected chi connectivity index (χ2v) is 8.51. The first-order valence-electron chi connectivity index (χ1n) is 11.2. The van der Waals surface area contributed by atoms with E-state index in [4.69, 9.17) is 4.74 Å². The van der Waals surface area contributed by atoms with E-state index in [9.17, 15) is 9.59 Å². The summed E-state index contributed by atoms with van der Waals surface area (Å²) in [5.41, 5.74) is 3.12. The molecule has 32 heavy (non-hydrogen) atoms. The molecule has 2 aromatic carbocycles. The van der Waals surface area contributed by atoms with Crippen LogP contribution in [0.15, 0.2) is 77.6 Å². The molecule has 1 aliphatic rings. The summed E-state index contributed by atoms with van der Waals surface area (Å²) in [5.74, 6) is 0.830. The van der Waals surface area contributed by atoms with Crippen molar-refractivity contribution >= 4 is 5.91 Å². The number of rotatable bonds is 6. The molecule has 0 N–H and O–H groups in total. The second-order valence-electron chi connectivity index (χ2n) is 8.51. The topological polar surface area (TPSA) is 51.5 Å². The maximum Gasteiger partial charge on any atom is 0.254 e. The summed E-state index contributed by atoms with van der Waals surface area (Å²) < 4.78 is 7.67. The molecule has 0 radical (unpaired) electrons. The summed E-state index contributed by atoms with van der Waals surface area (Å²) in [7, 11) is 1.75. The van der Waals surface area contributed by atoms with Crippen LogP contribution in [0.1, 0.15) is 42.0 Å². The molecule has 1 fully saturated rings. The molecular weight excluding hydrogens is 400 g/mol. The van der Waals surface area contributed by atoms with Crippen molar-refractivity contribution in [1.29, 1.82) is 0 Å². The third-order valence-electron chi connectivity index (χ3n) is 6.36. The molecule has 1 amide bonds. The Morgan fingerprint density at radius 2 is 1.53 bits per heavy atom. The average Bonchev–Trinajstić information content (AvgIpc) is 2.82. The zero-order valence-electron chi connectivity index (χ0n) is 18.7. The van der Waals surface area contributed by atoms with Gasteiger partial charge in [0.05, 0.1) is 0 Å². The number of amides is 1. The number of likely N-dealkylation sites (tertiary alicyclic amines) is 1. The summed E-state index contributed by atoms with van der Waals surface area (Å²) in [4.78, 5) is 27.2. The van der Waals surface area contributed by atoms with Gasteiger partial charge in [0.25, 0.3) is 5.56 Å². The first-order chi connectivity index (χ1) is 15.5. The van der Waals surface area contributed by atoms with Crippen LogP contribution in [0, 0.1) is 6.92 Å². The second kappa shape index (κ2) is 9.86. The summed E-state index contributed by atoms with van der Waals surface area (Å²) in [6, 6.07) is 23.9. The van der Waals surface area contributed by atoms with Gasteiger partial charge >= 0.3 is 0 Å².